The fraction of sp³-hybridized carbons (Fsp3) is 0.240. The number of sulfonamides is 1. The molecule has 196 valence electrons. The summed E-state index contributed by atoms with van der Waals surface area (Å²) < 4.78 is 75.8. The standard InChI is InChI=1S/C25H22ClF3N2O5S/c26-20-8-6-19(7-9-20)24(14-15-31(17-24)23(32)35-16-18-4-2-1-3-5-18)30-37(33,34)22-12-10-21(11-13-22)36-25(27,28)29/h1-13,30H,14-17H2. The number of rotatable bonds is 7. The van der Waals surface area contributed by atoms with Crippen LogP contribution in [-0.2, 0) is 26.9 Å². The first-order valence-electron chi connectivity index (χ1n) is 11.1. The van der Waals surface area contributed by atoms with Crippen LogP contribution in [0.4, 0.5) is 18.0 Å². The molecule has 0 saturated carbocycles. The van der Waals surface area contributed by atoms with Gasteiger partial charge in [0.15, 0.2) is 0 Å². The summed E-state index contributed by atoms with van der Waals surface area (Å²) in [5.74, 6) is -0.549. The minimum atomic E-state index is -4.90. The van der Waals surface area contributed by atoms with Gasteiger partial charge in [0.05, 0.1) is 10.4 Å². The van der Waals surface area contributed by atoms with Crippen molar-refractivity contribution in [3.8, 4) is 5.75 Å². The molecule has 3 aromatic carbocycles. The molecule has 1 amide bonds. The SMILES string of the molecule is O=C(OCc1ccccc1)N1CCC(NS(=O)(=O)c2ccc(OC(F)(F)F)cc2)(c2ccc(Cl)cc2)C1. The predicted molar refractivity (Wildman–Crippen MR) is 129 cm³/mol. The van der Waals surface area contributed by atoms with Crippen LogP contribution in [-0.4, -0.2) is 38.9 Å². The maximum atomic E-state index is 13.3. The van der Waals surface area contributed by atoms with Gasteiger partial charge in [-0.05, 0) is 53.9 Å². The number of nitrogens with one attached hydrogen (secondary N) is 1. The molecule has 0 aromatic heterocycles. The normalized spacial score (nSPS) is 18.0. The zero-order valence-corrected chi connectivity index (χ0v) is 20.8. The number of ether oxygens (including phenoxy) is 2. The van der Waals surface area contributed by atoms with E-state index in [1.165, 1.54) is 4.90 Å². The molecule has 0 bridgehead atoms. The number of likely N-dealkylation sites (tertiary alicyclic amines) is 1. The van der Waals surface area contributed by atoms with Gasteiger partial charge in [0.25, 0.3) is 0 Å². The molecule has 1 N–H and O–H groups in total. The Balaban J connectivity index is 1.55. The zero-order valence-electron chi connectivity index (χ0n) is 19.2. The van der Waals surface area contributed by atoms with Crippen molar-refractivity contribution in [1.82, 2.24) is 9.62 Å². The van der Waals surface area contributed by atoms with Crippen molar-refractivity contribution in [3.63, 3.8) is 0 Å². The molecule has 4 rings (SSSR count). The van der Waals surface area contributed by atoms with Crippen LogP contribution >= 0.6 is 11.6 Å². The summed E-state index contributed by atoms with van der Waals surface area (Å²) in [6.45, 7) is 0.232. The number of halogens is 4. The lowest BCUT2D eigenvalue weighted by Gasteiger charge is -2.31. The van der Waals surface area contributed by atoms with E-state index in [9.17, 15) is 26.4 Å². The second-order valence-corrected chi connectivity index (χ2v) is 10.5. The number of benzene rings is 3. The van der Waals surface area contributed by atoms with Gasteiger partial charge >= 0.3 is 12.5 Å². The van der Waals surface area contributed by atoms with Gasteiger partial charge in [0, 0.05) is 18.1 Å². The summed E-state index contributed by atoms with van der Waals surface area (Å²) in [7, 11) is -4.22. The summed E-state index contributed by atoms with van der Waals surface area (Å²) in [5.41, 5.74) is 0.143. The maximum Gasteiger partial charge on any atom is 0.573 e. The lowest BCUT2D eigenvalue weighted by atomic mass is 9.90. The molecule has 0 spiro atoms. The van der Waals surface area contributed by atoms with Crippen molar-refractivity contribution in [3.05, 3.63) is 95.0 Å². The Morgan fingerprint density at radius 1 is 1.00 bits per heavy atom. The lowest BCUT2D eigenvalue weighted by Crippen LogP contribution is -2.48. The van der Waals surface area contributed by atoms with E-state index in [4.69, 9.17) is 16.3 Å². The van der Waals surface area contributed by atoms with Crippen molar-refractivity contribution >= 4 is 27.7 Å². The Kier molecular flexibility index (Phi) is 7.67. The molecule has 1 heterocycles. The molecule has 0 aliphatic carbocycles. The van der Waals surface area contributed by atoms with Crippen molar-refractivity contribution in [2.24, 2.45) is 0 Å². The fourth-order valence-corrected chi connectivity index (χ4v) is 5.60. The minimum Gasteiger partial charge on any atom is -0.445 e. The van der Waals surface area contributed by atoms with Gasteiger partial charge in [-0.15, -0.1) is 13.2 Å². The van der Waals surface area contributed by atoms with Crippen molar-refractivity contribution in [1.29, 1.82) is 0 Å². The van der Waals surface area contributed by atoms with Crippen LogP contribution in [0.3, 0.4) is 0 Å². The van der Waals surface area contributed by atoms with Gasteiger partial charge < -0.3 is 14.4 Å². The lowest BCUT2D eigenvalue weighted by molar-refractivity contribution is -0.274. The van der Waals surface area contributed by atoms with E-state index in [0.29, 0.717) is 10.6 Å². The molecule has 1 saturated heterocycles. The molecule has 12 heteroatoms. The molecule has 3 aromatic rings. The summed E-state index contributed by atoms with van der Waals surface area (Å²) >= 11 is 6.02. The van der Waals surface area contributed by atoms with Crippen molar-refractivity contribution < 1.29 is 35.9 Å². The minimum absolute atomic E-state index is 0.0310. The van der Waals surface area contributed by atoms with Gasteiger partial charge in [-0.3, -0.25) is 0 Å². The third kappa shape index (κ3) is 6.73. The number of hydrogen-bond donors (Lipinski definition) is 1. The highest BCUT2D eigenvalue weighted by Crippen LogP contribution is 2.35. The van der Waals surface area contributed by atoms with Crippen LogP contribution in [0.25, 0.3) is 0 Å². The number of hydrogen-bond acceptors (Lipinski definition) is 5. The van der Waals surface area contributed by atoms with E-state index < -0.39 is 33.8 Å². The first-order chi connectivity index (χ1) is 17.5. The quantitative estimate of drug-likeness (QED) is 0.419. The molecule has 1 fully saturated rings. The summed E-state index contributed by atoms with van der Waals surface area (Å²) in [6.07, 6.45) is -5.28. The second-order valence-electron chi connectivity index (χ2n) is 8.43. The highest BCUT2D eigenvalue weighted by molar-refractivity contribution is 7.89. The van der Waals surface area contributed by atoms with Gasteiger partial charge in [0.1, 0.15) is 12.4 Å². The zero-order chi connectivity index (χ0) is 26.7. The molecule has 7 nitrogen and oxygen atoms in total. The smallest absolute Gasteiger partial charge is 0.445 e. The van der Waals surface area contributed by atoms with E-state index >= 15 is 0 Å². The Morgan fingerprint density at radius 3 is 2.27 bits per heavy atom. The molecule has 1 unspecified atom stereocenters. The molecular weight excluding hydrogens is 533 g/mol. The predicted octanol–water partition coefficient (Wildman–Crippen LogP) is 5.45. The number of nitrogens with zero attached hydrogens (tertiary/aromatic N) is 1. The summed E-state index contributed by atoms with van der Waals surface area (Å²) in [6, 6.07) is 19.5. The van der Waals surface area contributed by atoms with Gasteiger partial charge in [-0.25, -0.2) is 13.2 Å². The van der Waals surface area contributed by atoms with Crippen molar-refractivity contribution in [2.75, 3.05) is 13.1 Å². The summed E-state index contributed by atoms with van der Waals surface area (Å²) in [5, 5.41) is 0.444. The fourth-order valence-electron chi connectivity index (χ4n) is 4.06. The highest BCUT2D eigenvalue weighted by atomic mass is 35.5. The Morgan fingerprint density at radius 2 is 1.65 bits per heavy atom. The monoisotopic (exact) mass is 554 g/mol. The Hall–Kier alpha value is -3.28. The molecule has 1 aliphatic heterocycles. The highest BCUT2D eigenvalue weighted by Gasteiger charge is 2.45. The third-order valence-electron chi connectivity index (χ3n) is 5.83. The Labute approximate surface area is 216 Å². The number of amides is 1. The van der Waals surface area contributed by atoms with Crippen LogP contribution in [0.5, 0.6) is 5.75 Å². The van der Waals surface area contributed by atoms with E-state index in [1.807, 2.05) is 30.3 Å². The van der Waals surface area contributed by atoms with Crippen LogP contribution in [0.1, 0.15) is 17.5 Å². The molecular formula is C25H22ClF3N2O5S. The molecule has 1 aliphatic rings. The second kappa shape index (κ2) is 10.6. The average molecular weight is 555 g/mol. The van der Waals surface area contributed by atoms with E-state index in [1.54, 1.807) is 24.3 Å². The van der Waals surface area contributed by atoms with Gasteiger partial charge in [-0.2, -0.15) is 4.72 Å². The third-order valence-corrected chi connectivity index (χ3v) is 7.63. The van der Waals surface area contributed by atoms with Crippen LogP contribution < -0.4 is 9.46 Å². The number of carbonyl (C=O) groups is 1. The molecule has 37 heavy (non-hydrogen) atoms. The maximum absolute atomic E-state index is 13.3. The summed E-state index contributed by atoms with van der Waals surface area (Å²) in [4.78, 5) is 13.9. The van der Waals surface area contributed by atoms with Crippen LogP contribution in [0, 0.1) is 0 Å². The first kappa shape index (κ1) is 26.8. The largest absolute Gasteiger partial charge is 0.573 e. The van der Waals surface area contributed by atoms with E-state index in [0.717, 1.165) is 29.8 Å². The van der Waals surface area contributed by atoms with Crippen LogP contribution in [0.2, 0.25) is 5.02 Å². The molecule has 1 atom stereocenters. The first-order valence-corrected chi connectivity index (χ1v) is 12.9. The topological polar surface area (TPSA) is 84.9 Å². The average Bonchev–Trinajstić information content (AvgIpc) is 3.27. The number of alkyl halides is 3. The van der Waals surface area contributed by atoms with Gasteiger partial charge in [0.2, 0.25) is 10.0 Å². The van der Waals surface area contributed by atoms with Crippen LogP contribution in [0.15, 0.2) is 83.8 Å². The van der Waals surface area contributed by atoms with Gasteiger partial charge in [-0.1, -0.05) is 54.1 Å². The van der Waals surface area contributed by atoms with E-state index in [2.05, 4.69) is 9.46 Å². The molecule has 0 radical (unpaired) electrons. The van der Waals surface area contributed by atoms with Crippen molar-refractivity contribution in [2.45, 2.75) is 29.8 Å². The number of carbonyl (C=O) groups excluding carboxylic acids is 1. The Bertz CT molecular complexity index is 1340. The van der Waals surface area contributed by atoms with E-state index in [-0.39, 0.29) is 31.0 Å².